The smallest absolute Gasteiger partial charge is 0.183 e. The lowest BCUT2D eigenvalue weighted by Crippen LogP contribution is -1.92. The lowest BCUT2D eigenvalue weighted by atomic mass is 10.1. The molecule has 0 bridgehead atoms. The van der Waals surface area contributed by atoms with Crippen LogP contribution >= 0.6 is 23.1 Å². The molecule has 4 aromatic rings. The third-order valence-electron chi connectivity index (χ3n) is 4.00. The van der Waals surface area contributed by atoms with Gasteiger partial charge in [0.1, 0.15) is 5.01 Å². The van der Waals surface area contributed by atoms with Crippen LogP contribution in [-0.4, -0.2) is 19.8 Å². The number of benzene rings is 2. The molecule has 2 aromatic carbocycles. The monoisotopic (exact) mass is 366 g/mol. The van der Waals surface area contributed by atoms with Gasteiger partial charge in [0.15, 0.2) is 5.82 Å². The molecule has 0 aliphatic heterocycles. The van der Waals surface area contributed by atoms with E-state index in [9.17, 15) is 0 Å². The second kappa shape index (κ2) is 6.61. The zero-order valence-corrected chi connectivity index (χ0v) is 16.0. The molecular weight excluding hydrogens is 348 g/mol. The van der Waals surface area contributed by atoms with E-state index < -0.39 is 0 Å². The summed E-state index contributed by atoms with van der Waals surface area (Å²) in [6, 6.07) is 14.8. The van der Waals surface area contributed by atoms with E-state index in [0.29, 0.717) is 0 Å². The van der Waals surface area contributed by atoms with Crippen molar-refractivity contribution in [1.29, 1.82) is 0 Å². The van der Waals surface area contributed by atoms with Crippen molar-refractivity contribution in [2.45, 2.75) is 31.4 Å². The van der Waals surface area contributed by atoms with Crippen molar-refractivity contribution >= 4 is 28.1 Å². The van der Waals surface area contributed by atoms with E-state index in [1.165, 1.54) is 21.6 Å². The Labute approximate surface area is 154 Å². The summed E-state index contributed by atoms with van der Waals surface area (Å²) < 4.78 is 1.86. The average molecular weight is 367 g/mol. The first-order chi connectivity index (χ1) is 12.1. The number of thioether (sulfide) groups is 1. The minimum Gasteiger partial charge on any atom is -0.183 e. The second-order valence-corrected chi connectivity index (χ2v) is 8.20. The lowest BCUT2D eigenvalue weighted by molar-refractivity contribution is 0.935. The predicted molar refractivity (Wildman–Crippen MR) is 104 cm³/mol. The Balaban J connectivity index is 1.61. The number of hydrogen-bond acceptors (Lipinski definition) is 5. The quantitative estimate of drug-likeness (QED) is 0.473. The van der Waals surface area contributed by atoms with Crippen molar-refractivity contribution in [3.63, 3.8) is 0 Å². The van der Waals surface area contributed by atoms with Gasteiger partial charge in [-0.05, 0) is 38.5 Å². The molecule has 0 saturated carbocycles. The first-order valence-electron chi connectivity index (χ1n) is 8.08. The molecule has 0 aliphatic rings. The molecule has 4 rings (SSSR count). The van der Waals surface area contributed by atoms with Gasteiger partial charge in [-0.1, -0.05) is 52.8 Å². The van der Waals surface area contributed by atoms with E-state index in [1.54, 1.807) is 11.3 Å². The molecule has 0 saturated heterocycles. The van der Waals surface area contributed by atoms with E-state index >= 15 is 0 Å². The maximum atomic E-state index is 4.74. The molecule has 0 N–H and O–H groups in total. The highest BCUT2D eigenvalue weighted by Crippen LogP contribution is 2.29. The van der Waals surface area contributed by atoms with Crippen molar-refractivity contribution in [2.75, 3.05) is 0 Å². The molecule has 0 radical (unpaired) electrons. The number of rotatable bonds is 4. The normalized spacial score (nSPS) is 11.3. The fraction of sp³-hybridized carbons (Fsp3) is 0.211. The number of aryl methyl sites for hydroxylation is 3. The van der Waals surface area contributed by atoms with Crippen LogP contribution in [0.15, 0.2) is 47.4 Å². The standard InChI is InChI=1S/C19H18N4S2/c1-12-5-4-6-15(9-12)18-20-21-19-23(18)22-17(25-19)11-24-16-10-13(2)7-8-14(16)3/h4-10H,11H2,1-3H3. The highest BCUT2D eigenvalue weighted by Gasteiger charge is 2.14. The topological polar surface area (TPSA) is 43.1 Å². The summed E-state index contributed by atoms with van der Waals surface area (Å²) in [5, 5.41) is 14.4. The number of fused-ring (bicyclic) bond motifs is 1. The van der Waals surface area contributed by atoms with E-state index in [0.717, 1.165) is 27.1 Å². The van der Waals surface area contributed by atoms with Gasteiger partial charge >= 0.3 is 0 Å². The van der Waals surface area contributed by atoms with Crippen LogP contribution in [0.25, 0.3) is 16.3 Å². The minimum absolute atomic E-state index is 0.804. The maximum Gasteiger partial charge on any atom is 0.234 e. The van der Waals surface area contributed by atoms with Crippen LogP contribution in [0.3, 0.4) is 0 Å². The Morgan fingerprint density at radius 2 is 1.84 bits per heavy atom. The second-order valence-electron chi connectivity index (χ2n) is 6.14. The van der Waals surface area contributed by atoms with Crippen LogP contribution in [0.1, 0.15) is 21.7 Å². The molecular formula is C19H18N4S2. The first-order valence-corrected chi connectivity index (χ1v) is 9.88. The minimum atomic E-state index is 0.804. The summed E-state index contributed by atoms with van der Waals surface area (Å²) in [5.74, 6) is 1.64. The molecule has 0 aliphatic carbocycles. The van der Waals surface area contributed by atoms with E-state index in [4.69, 9.17) is 5.10 Å². The SMILES string of the molecule is Cc1cccc(-c2nnc3sc(CSc4cc(C)ccc4C)nn23)c1. The first kappa shape index (κ1) is 16.3. The molecule has 2 aromatic heterocycles. The fourth-order valence-corrected chi connectivity index (χ4v) is 4.62. The third-order valence-corrected chi connectivity index (χ3v) is 6.25. The average Bonchev–Trinajstić information content (AvgIpc) is 3.15. The zero-order valence-electron chi connectivity index (χ0n) is 14.4. The Bertz CT molecular complexity index is 1050. The van der Waals surface area contributed by atoms with Gasteiger partial charge in [-0.15, -0.1) is 22.0 Å². The summed E-state index contributed by atoms with van der Waals surface area (Å²) >= 11 is 3.43. The van der Waals surface area contributed by atoms with Crippen molar-refractivity contribution < 1.29 is 0 Å². The summed E-state index contributed by atoms with van der Waals surface area (Å²) in [6.45, 7) is 6.35. The molecule has 0 spiro atoms. The Kier molecular flexibility index (Phi) is 4.31. The van der Waals surface area contributed by atoms with Crippen molar-refractivity contribution in [1.82, 2.24) is 19.8 Å². The summed E-state index contributed by atoms with van der Waals surface area (Å²) in [6.07, 6.45) is 0. The van der Waals surface area contributed by atoms with Gasteiger partial charge in [0.25, 0.3) is 0 Å². The Hall–Kier alpha value is -2.18. The number of nitrogens with zero attached hydrogens (tertiary/aromatic N) is 4. The fourth-order valence-electron chi connectivity index (χ4n) is 2.68. The van der Waals surface area contributed by atoms with Crippen LogP contribution in [0, 0.1) is 20.8 Å². The Morgan fingerprint density at radius 1 is 1.00 bits per heavy atom. The van der Waals surface area contributed by atoms with Gasteiger partial charge in [0.05, 0.1) is 5.75 Å². The molecule has 126 valence electrons. The highest BCUT2D eigenvalue weighted by molar-refractivity contribution is 7.98. The van der Waals surface area contributed by atoms with Crippen LogP contribution in [0.4, 0.5) is 0 Å². The van der Waals surface area contributed by atoms with Gasteiger partial charge < -0.3 is 0 Å². The number of aromatic nitrogens is 4. The van der Waals surface area contributed by atoms with Crippen molar-refractivity contribution in [2.24, 2.45) is 0 Å². The molecule has 0 unspecified atom stereocenters. The molecule has 4 nitrogen and oxygen atoms in total. The van der Waals surface area contributed by atoms with E-state index in [2.05, 4.69) is 61.3 Å². The molecule has 0 amide bonds. The highest BCUT2D eigenvalue weighted by atomic mass is 32.2. The molecule has 0 atom stereocenters. The third kappa shape index (κ3) is 3.32. The predicted octanol–water partition coefficient (Wildman–Crippen LogP) is 5.07. The van der Waals surface area contributed by atoms with Crippen molar-refractivity contribution in [3.05, 3.63) is 64.2 Å². The molecule has 0 fully saturated rings. The van der Waals surface area contributed by atoms with Gasteiger partial charge in [-0.2, -0.15) is 9.61 Å². The van der Waals surface area contributed by atoms with Crippen LogP contribution in [0.5, 0.6) is 0 Å². The molecule has 25 heavy (non-hydrogen) atoms. The summed E-state index contributed by atoms with van der Waals surface area (Å²) in [7, 11) is 0. The van der Waals surface area contributed by atoms with Crippen LogP contribution < -0.4 is 0 Å². The van der Waals surface area contributed by atoms with Crippen molar-refractivity contribution in [3.8, 4) is 11.4 Å². The van der Waals surface area contributed by atoms with Gasteiger partial charge in [-0.25, -0.2) is 0 Å². The van der Waals surface area contributed by atoms with Gasteiger partial charge in [0, 0.05) is 10.5 Å². The van der Waals surface area contributed by atoms with Gasteiger partial charge in [-0.3, -0.25) is 0 Å². The maximum absolute atomic E-state index is 4.74. The molecule has 2 heterocycles. The van der Waals surface area contributed by atoms with Crippen LogP contribution in [-0.2, 0) is 5.75 Å². The van der Waals surface area contributed by atoms with Gasteiger partial charge in [0.2, 0.25) is 4.96 Å². The van der Waals surface area contributed by atoms with Crippen LogP contribution in [0.2, 0.25) is 0 Å². The largest absolute Gasteiger partial charge is 0.234 e. The number of hydrogen-bond donors (Lipinski definition) is 0. The Morgan fingerprint density at radius 3 is 2.68 bits per heavy atom. The zero-order chi connectivity index (χ0) is 17.4. The summed E-state index contributed by atoms with van der Waals surface area (Å²) in [5.41, 5.74) is 4.84. The molecule has 6 heteroatoms. The van der Waals surface area contributed by atoms with E-state index in [1.807, 2.05) is 28.4 Å². The lowest BCUT2D eigenvalue weighted by Gasteiger charge is -2.05. The van der Waals surface area contributed by atoms with E-state index in [-0.39, 0.29) is 0 Å². The summed E-state index contributed by atoms with van der Waals surface area (Å²) in [4.78, 5) is 2.15.